The molecule has 52 valence electrons. The van der Waals surface area contributed by atoms with Crippen molar-refractivity contribution in [3.8, 4) is 0 Å². The molecule has 1 aliphatic heterocycles. The maximum absolute atomic E-state index is 10.5. The molecule has 9 heavy (non-hydrogen) atoms. The molecule has 1 saturated heterocycles. The van der Waals surface area contributed by atoms with Crippen LogP contribution in [0.1, 0.15) is 0 Å². The zero-order valence-electron chi connectivity index (χ0n) is 4.70. The second-order valence-electron chi connectivity index (χ2n) is 2.18. The lowest BCUT2D eigenvalue weighted by molar-refractivity contribution is 0.565. The van der Waals surface area contributed by atoms with E-state index in [-0.39, 0.29) is 17.4 Å². The molecule has 0 aromatic heterocycles. The van der Waals surface area contributed by atoms with Crippen LogP contribution in [0, 0.1) is 5.92 Å². The van der Waals surface area contributed by atoms with Crippen LogP contribution in [0.2, 0.25) is 0 Å². The second-order valence-corrected chi connectivity index (χ2v) is 4.80. The second kappa shape index (κ2) is 1.91. The number of rotatable bonds is 1. The van der Waals surface area contributed by atoms with Crippen molar-refractivity contribution < 1.29 is 8.42 Å². The fourth-order valence-corrected chi connectivity index (χ4v) is 2.59. The average Bonchev–Trinajstić information content (AvgIpc) is 1.59. The molecule has 3 nitrogen and oxygen atoms in total. The molecule has 0 aromatic carbocycles. The van der Waals surface area contributed by atoms with E-state index in [4.69, 9.17) is 5.73 Å². The van der Waals surface area contributed by atoms with Crippen molar-refractivity contribution in [2.45, 2.75) is 0 Å². The lowest BCUT2D eigenvalue weighted by atomic mass is 10.2. The molecule has 2 N–H and O–H groups in total. The predicted octanol–water partition coefficient (Wildman–Crippen LogP) is -0.683. The standard InChI is InChI=1S/C4H7NO2S2/c5-4(8)3-1-9(6,7)2-3/h3H,1-2H2,(H2,5,8). The average molecular weight is 165 g/mol. The van der Waals surface area contributed by atoms with E-state index in [9.17, 15) is 8.42 Å². The first-order valence-electron chi connectivity index (χ1n) is 2.51. The lowest BCUT2D eigenvalue weighted by Crippen LogP contribution is -2.43. The van der Waals surface area contributed by atoms with Gasteiger partial charge in [-0.25, -0.2) is 8.42 Å². The van der Waals surface area contributed by atoms with Crippen LogP contribution in [-0.2, 0) is 9.84 Å². The van der Waals surface area contributed by atoms with Gasteiger partial charge in [0.25, 0.3) is 0 Å². The third-order valence-electron chi connectivity index (χ3n) is 1.31. The number of nitrogens with two attached hydrogens (primary N) is 1. The third kappa shape index (κ3) is 1.40. The quantitative estimate of drug-likeness (QED) is 0.523. The number of hydrogen-bond donors (Lipinski definition) is 1. The molecule has 1 heterocycles. The molecule has 0 bridgehead atoms. The van der Waals surface area contributed by atoms with Crippen LogP contribution < -0.4 is 5.73 Å². The van der Waals surface area contributed by atoms with E-state index in [1.165, 1.54) is 0 Å². The van der Waals surface area contributed by atoms with Gasteiger partial charge < -0.3 is 5.73 Å². The van der Waals surface area contributed by atoms with E-state index in [1.54, 1.807) is 0 Å². The van der Waals surface area contributed by atoms with Gasteiger partial charge in [0.15, 0.2) is 9.84 Å². The maximum Gasteiger partial charge on any atom is 0.151 e. The third-order valence-corrected chi connectivity index (χ3v) is 3.47. The highest BCUT2D eigenvalue weighted by Crippen LogP contribution is 2.17. The van der Waals surface area contributed by atoms with Crippen LogP contribution >= 0.6 is 12.2 Å². The van der Waals surface area contributed by atoms with Crippen molar-refractivity contribution in [2.24, 2.45) is 11.7 Å². The van der Waals surface area contributed by atoms with Gasteiger partial charge in [0.1, 0.15) is 0 Å². The van der Waals surface area contributed by atoms with E-state index in [0.29, 0.717) is 4.99 Å². The molecule has 0 radical (unpaired) electrons. The zero-order chi connectivity index (χ0) is 7.07. The molecule has 1 fully saturated rings. The Morgan fingerprint density at radius 3 is 2.11 bits per heavy atom. The van der Waals surface area contributed by atoms with Crippen molar-refractivity contribution >= 4 is 27.0 Å². The Morgan fingerprint density at radius 2 is 2.00 bits per heavy atom. The number of thiocarbonyl (C=S) groups is 1. The highest BCUT2D eigenvalue weighted by molar-refractivity contribution is 7.93. The van der Waals surface area contributed by atoms with Crippen molar-refractivity contribution in [3.05, 3.63) is 0 Å². The van der Waals surface area contributed by atoms with Gasteiger partial charge in [-0.1, -0.05) is 12.2 Å². The molecule has 0 aliphatic carbocycles. The largest absolute Gasteiger partial charge is 0.393 e. The van der Waals surface area contributed by atoms with Crippen molar-refractivity contribution in [3.63, 3.8) is 0 Å². The molecule has 1 rings (SSSR count). The normalized spacial score (nSPS) is 24.9. The Kier molecular flexibility index (Phi) is 1.48. The van der Waals surface area contributed by atoms with E-state index in [0.717, 1.165) is 0 Å². The summed E-state index contributed by atoms with van der Waals surface area (Å²) in [5.74, 6) is 0.259. The summed E-state index contributed by atoms with van der Waals surface area (Å²) in [6.45, 7) is 0. The molecule has 0 unspecified atom stereocenters. The van der Waals surface area contributed by atoms with Gasteiger partial charge in [0.2, 0.25) is 0 Å². The van der Waals surface area contributed by atoms with Crippen LogP contribution in [0.25, 0.3) is 0 Å². The Labute approximate surface area is 59.2 Å². The zero-order valence-corrected chi connectivity index (χ0v) is 6.33. The molecule has 0 spiro atoms. The van der Waals surface area contributed by atoms with Gasteiger partial charge in [-0.05, 0) is 0 Å². The maximum atomic E-state index is 10.5. The SMILES string of the molecule is NC(=S)C1CS(=O)(=O)C1. The summed E-state index contributed by atoms with van der Waals surface area (Å²) in [6, 6.07) is 0. The summed E-state index contributed by atoms with van der Waals surface area (Å²) in [5, 5.41) is 0. The van der Waals surface area contributed by atoms with Gasteiger partial charge in [-0.15, -0.1) is 0 Å². The topological polar surface area (TPSA) is 60.2 Å². The van der Waals surface area contributed by atoms with Crippen LogP contribution in [-0.4, -0.2) is 24.9 Å². The van der Waals surface area contributed by atoms with E-state index < -0.39 is 9.84 Å². The van der Waals surface area contributed by atoms with Crippen LogP contribution in [0.5, 0.6) is 0 Å². The Morgan fingerprint density at radius 1 is 1.56 bits per heavy atom. The Balaban J connectivity index is 2.55. The van der Waals surface area contributed by atoms with Crippen molar-refractivity contribution in [1.82, 2.24) is 0 Å². The summed E-state index contributed by atoms with van der Waals surface area (Å²) >= 11 is 4.58. The lowest BCUT2D eigenvalue weighted by Gasteiger charge is -2.23. The highest BCUT2D eigenvalue weighted by atomic mass is 32.2. The monoisotopic (exact) mass is 165 g/mol. The smallest absolute Gasteiger partial charge is 0.151 e. The van der Waals surface area contributed by atoms with Gasteiger partial charge >= 0.3 is 0 Å². The van der Waals surface area contributed by atoms with Gasteiger partial charge in [-0.3, -0.25) is 0 Å². The molecule has 0 atom stereocenters. The fraction of sp³-hybridized carbons (Fsp3) is 0.750. The van der Waals surface area contributed by atoms with E-state index >= 15 is 0 Å². The minimum atomic E-state index is -2.74. The summed E-state index contributed by atoms with van der Waals surface area (Å²) in [4.78, 5) is 0.324. The molecule has 0 aromatic rings. The van der Waals surface area contributed by atoms with Gasteiger partial charge in [0, 0.05) is 5.92 Å². The number of sulfone groups is 1. The summed E-state index contributed by atoms with van der Waals surface area (Å²) in [7, 11) is -2.74. The summed E-state index contributed by atoms with van der Waals surface area (Å²) in [5.41, 5.74) is 5.19. The summed E-state index contributed by atoms with van der Waals surface area (Å²) in [6.07, 6.45) is 0. The molecular weight excluding hydrogens is 158 g/mol. The Bertz CT molecular complexity index is 219. The molecule has 0 amide bonds. The van der Waals surface area contributed by atoms with Crippen LogP contribution in [0.15, 0.2) is 0 Å². The van der Waals surface area contributed by atoms with Gasteiger partial charge in [-0.2, -0.15) is 0 Å². The van der Waals surface area contributed by atoms with Gasteiger partial charge in [0.05, 0.1) is 16.5 Å². The van der Waals surface area contributed by atoms with Crippen molar-refractivity contribution in [2.75, 3.05) is 11.5 Å². The molecule has 5 heteroatoms. The van der Waals surface area contributed by atoms with E-state index in [2.05, 4.69) is 12.2 Å². The van der Waals surface area contributed by atoms with E-state index in [1.807, 2.05) is 0 Å². The molecule has 1 aliphatic rings. The molecule has 0 saturated carbocycles. The first kappa shape index (κ1) is 6.95. The fourth-order valence-electron chi connectivity index (χ4n) is 0.729. The van der Waals surface area contributed by atoms with Crippen LogP contribution in [0.3, 0.4) is 0 Å². The Hall–Kier alpha value is -0.160. The predicted molar refractivity (Wildman–Crippen MR) is 38.9 cm³/mol. The summed E-state index contributed by atoms with van der Waals surface area (Å²) < 4.78 is 21.0. The van der Waals surface area contributed by atoms with Crippen molar-refractivity contribution in [1.29, 1.82) is 0 Å². The first-order valence-corrected chi connectivity index (χ1v) is 4.74. The van der Waals surface area contributed by atoms with Crippen LogP contribution in [0.4, 0.5) is 0 Å². The molecular formula is C4H7NO2S2. The highest BCUT2D eigenvalue weighted by Gasteiger charge is 2.34. The minimum absolute atomic E-state index is 0.0509. The minimum Gasteiger partial charge on any atom is -0.393 e. The first-order chi connectivity index (χ1) is 4.01. The number of hydrogen-bond acceptors (Lipinski definition) is 3.